The first-order valence-electron chi connectivity index (χ1n) is 7.47. The van der Waals surface area contributed by atoms with Crippen molar-refractivity contribution in [3.8, 4) is 11.5 Å². The Morgan fingerprint density at radius 2 is 1.90 bits per heavy atom. The monoisotopic (exact) mass is 283 g/mol. The van der Waals surface area contributed by atoms with E-state index in [9.17, 15) is 0 Å². The lowest BCUT2D eigenvalue weighted by Crippen LogP contribution is -2.20. The van der Waals surface area contributed by atoms with Gasteiger partial charge in [0.2, 0.25) is 0 Å². The van der Waals surface area contributed by atoms with Crippen LogP contribution in [0.4, 0.5) is 0 Å². The Balaban J connectivity index is 1.54. The molecule has 1 N–H and O–H groups in total. The van der Waals surface area contributed by atoms with Crippen molar-refractivity contribution >= 4 is 0 Å². The zero-order valence-electron chi connectivity index (χ0n) is 12.4. The summed E-state index contributed by atoms with van der Waals surface area (Å²) < 4.78 is 11.3. The highest BCUT2D eigenvalue weighted by Crippen LogP contribution is 2.33. The molecule has 0 amide bonds. The van der Waals surface area contributed by atoms with E-state index in [-0.39, 0.29) is 0 Å². The van der Waals surface area contributed by atoms with E-state index in [0.29, 0.717) is 13.2 Å². The molecular formula is C18H21NO2. The third-order valence-corrected chi connectivity index (χ3v) is 3.64. The number of nitrogens with one attached hydrogen (secondary N) is 1. The number of rotatable bonds is 5. The van der Waals surface area contributed by atoms with Gasteiger partial charge in [-0.25, -0.2) is 0 Å². The molecular weight excluding hydrogens is 262 g/mol. The molecule has 0 aliphatic carbocycles. The van der Waals surface area contributed by atoms with Crippen LogP contribution in [0.5, 0.6) is 11.5 Å². The Hall–Kier alpha value is -2.00. The van der Waals surface area contributed by atoms with E-state index in [0.717, 1.165) is 36.6 Å². The quantitative estimate of drug-likeness (QED) is 0.855. The molecule has 0 saturated heterocycles. The molecule has 1 aliphatic rings. The molecule has 110 valence electrons. The van der Waals surface area contributed by atoms with Gasteiger partial charge in [-0.05, 0) is 31.5 Å². The molecule has 2 aromatic carbocycles. The number of benzene rings is 2. The predicted molar refractivity (Wildman–Crippen MR) is 84.0 cm³/mol. The van der Waals surface area contributed by atoms with E-state index in [1.165, 1.54) is 11.1 Å². The zero-order chi connectivity index (χ0) is 14.5. The third-order valence-electron chi connectivity index (χ3n) is 3.64. The van der Waals surface area contributed by atoms with Crippen LogP contribution in [-0.4, -0.2) is 19.8 Å². The molecule has 1 heterocycles. The maximum absolute atomic E-state index is 5.72. The number of hydrogen-bond acceptors (Lipinski definition) is 3. The van der Waals surface area contributed by atoms with Gasteiger partial charge in [-0.1, -0.05) is 42.0 Å². The second kappa shape index (κ2) is 6.64. The van der Waals surface area contributed by atoms with Crippen LogP contribution in [0.15, 0.2) is 42.5 Å². The van der Waals surface area contributed by atoms with E-state index in [1.807, 2.05) is 12.1 Å². The van der Waals surface area contributed by atoms with E-state index in [4.69, 9.17) is 9.47 Å². The molecule has 0 unspecified atom stereocenters. The van der Waals surface area contributed by atoms with Gasteiger partial charge in [-0.2, -0.15) is 0 Å². The van der Waals surface area contributed by atoms with Crippen molar-refractivity contribution in [1.82, 2.24) is 5.32 Å². The van der Waals surface area contributed by atoms with Crippen LogP contribution in [0.25, 0.3) is 0 Å². The molecule has 0 radical (unpaired) electrons. The first-order valence-corrected chi connectivity index (χ1v) is 7.47. The Bertz CT molecular complexity index is 610. The molecule has 0 aromatic heterocycles. The molecule has 0 atom stereocenters. The fraction of sp³-hybridized carbons (Fsp3) is 0.333. The van der Waals surface area contributed by atoms with E-state index >= 15 is 0 Å². The Labute approximate surface area is 125 Å². The van der Waals surface area contributed by atoms with Gasteiger partial charge in [0.1, 0.15) is 13.2 Å². The smallest absolute Gasteiger partial charge is 0.165 e. The summed E-state index contributed by atoms with van der Waals surface area (Å²) in [7, 11) is 0. The summed E-state index contributed by atoms with van der Waals surface area (Å²) in [6, 6.07) is 14.7. The summed E-state index contributed by atoms with van der Waals surface area (Å²) >= 11 is 0. The normalized spacial score (nSPS) is 13.2. The molecule has 3 rings (SSSR count). The van der Waals surface area contributed by atoms with Crippen LogP contribution in [0.1, 0.15) is 16.7 Å². The molecule has 0 saturated carbocycles. The van der Waals surface area contributed by atoms with Crippen molar-refractivity contribution in [3.05, 3.63) is 59.2 Å². The highest BCUT2D eigenvalue weighted by molar-refractivity contribution is 5.47. The standard InChI is InChI=1S/C18H21NO2/c1-14-4-2-5-15(12-14)8-9-19-13-16-6-3-7-17-18(16)21-11-10-20-17/h2-7,12,19H,8-11,13H2,1H3. The number of para-hydroxylation sites is 1. The van der Waals surface area contributed by atoms with Gasteiger partial charge in [-0.15, -0.1) is 0 Å². The van der Waals surface area contributed by atoms with Crippen LogP contribution in [0.2, 0.25) is 0 Å². The largest absolute Gasteiger partial charge is 0.486 e. The van der Waals surface area contributed by atoms with Gasteiger partial charge in [-0.3, -0.25) is 0 Å². The van der Waals surface area contributed by atoms with Crippen molar-refractivity contribution in [3.63, 3.8) is 0 Å². The van der Waals surface area contributed by atoms with E-state index in [1.54, 1.807) is 0 Å². The minimum atomic E-state index is 0.632. The van der Waals surface area contributed by atoms with Crippen LogP contribution in [-0.2, 0) is 13.0 Å². The molecule has 1 aliphatic heterocycles. The SMILES string of the molecule is Cc1cccc(CCNCc2cccc3c2OCCO3)c1. The van der Waals surface area contributed by atoms with Crippen LogP contribution >= 0.6 is 0 Å². The Kier molecular flexibility index (Phi) is 4.41. The van der Waals surface area contributed by atoms with E-state index in [2.05, 4.69) is 42.6 Å². The lowest BCUT2D eigenvalue weighted by Gasteiger charge is -2.21. The number of aryl methyl sites for hydroxylation is 1. The van der Waals surface area contributed by atoms with Gasteiger partial charge >= 0.3 is 0 Å². The van der Waals surface area contributed by atoms with Crippen molar-refractivity contribution < 1.29 is 9.47 Å². The van der Waals surface area contributed by atoms with Crippen LogP contribution < -0.4 is 14.8 Å². The molecule has 0 fully saturated rings. The third kappa shape index (κ3) is 3.56. The van der Waals surface area contributed by atoms with Crippen molar-refractivity contribution in [2.75, 3.05) is 19.8 Å². The fourth-order valence-electron chi connectivity index (χ4n) is 2.60. The van der Waals surface area contributed by atoms with Gasteiger partial charge < -0.3 is 14.8 Å². The summed E-state index contributed by atoms with van der Waals surface area (Å²) in [5.41, 5.74) is 3.85. The molecule has 3 heteroatoms. The molecule has 3 nitrogen and oxygen atoms in total. The maximum atomic E-state index is 5.72. The van der Waals surface area contributed by atoms with Crippen LogP contribution in [0.3, 0.4) is 0 Å². The van der Waals surface area contributed by atoms with E-state index < -0.39 is 0 Å². The highest BCUT2D eigenvalue weighted by Gasteiger charge is 2.14. The van der Waals surface area contributed by atoms with Crippen LogP contribution in [0, 0.1) is 6.92 Å². The first kappa shape index (κ1) is 14.0. The minimum Gasteiger partial charge on any atom is -0.486 e. The average molecular weight is 283 g/mol. The summed E-state index contributed by atoms with van der Waals surface area (Å²) in [5, 5.41) is 3.48. The first-order chi connectivity index (χ1) is 10.3. The summed E-state index contributed by atoms with van der Waals surface area (Å²) in [6.07, 6.45) is 1.04. The zero-order valence-corrected chi connectivity index (χ0v) is 12.4. The topological polar surface area (TPSA) is 30.5 Å². The molecule has 21 heavy (non-hydrogen) atoms. The molecule has 0 bridgehead atoms. The van der Waals surface area contributed by atoms with Crippen molar-refractivity contribution in [2.24, 2.45) is 0 Å². The minimum absolute atomic E-state index is 0.632. The summed E-state index contributed by atoms with van der Waals surface area (Å²) in [4.78, 5) is 0. The lowest BCUT2D eigenvalue weighted by molar-refractivity contribution is 0.169. The van der Waals surface area contributed by atoms with Gasteiger partial charge in [0.15, 0.2) is 11.5 Å². The highest BCUT2D eigenvalue weighted by atomic mass is 16.6. The Morgan fingerprint density at radius 1 is 1.05 bits per heavy atom. The summed E-state index contributed by atoms with van der Waals surface area (Å²) in [5.74, 6) is 1.76. The number of hydrogen-bond donors (Lipinski definition) is 1. The maximum Gasteiger partial charge on any atom is 0.165 e. The average Bonchev–Trinajstić information content (AvgIpc) is 2.52. The molecule has 2 aromatic rings. The van der Waals surface area contributed by atoms with Gasteiger partial charge in [0.25, 0.3) is 0 Å². The fourth-order valence-corrected chi connectivity index (χ4v) is 2.60. The predicted octanol–water partition coefficient (Wildman–Crippen LogP) is 3.10. The number of ether oxygens (including phenoxy) is 2. The lowest BCUT2D eigenvalue weighted by atomic mass is 10.1. The second-order valence-corrected chi connectivity index (χ2v) is 5.36. The van der Waals surface area contributed by atoms with Gasteiger partial charge in [0.05, 0.1) is 0 Å². The summed E-state index contributed by atoms with van der Waals surface area (Å²) in [6.45, 7) is 5.15. The van der Waals surface area contributed by atoms with Crippen molar-refractivity contribution in [1.29, 1.82) is 0 Å². The number of fused-ring (bicyclic) bond motifs is 1. The molecule has 0 spiro atoms. The Morgan fingerprint density at radius 3 is 2.81 bits per heavy atom. The second-order valence-electron chi connectivity index (χ2n) is 5.36. The van der Waals surface area contributed by atoms with Gasteiger partial charge in [0, 0.05) is 12.1 Å². The van der Waals surface area contributed by atoms with Crippen molar-refractivity contribution in [2.45, 2.75) is 19.9 Å².